The number of thiophene rings is 1. The van der Waals surface area contributed by atoms with Crippen LogP contribution in [-0.2, 0) is 19.9 Å². The summed E-state index contributed by atoms with van der Waals surface area (Å²) in [7, 11) is 3.81. The first-order chi connectivity index (χ1) is 11.5. The van der Waals surface area contributed by atoms with Gasteiger partial charge in [0, 0.05) is 37.8 Å². The van der Waals surface area contributed by atoms with Crippen molar-refractivity contribution >= 4 is 17.3 Å². The summed E-state index contributed by atoms with van der Waals surface area (Å²) in [6, 6.07) is 4.32. The number of nitrogens with one attached hydrogen (secondary N) is 2. The lowest BCUT2D eigenvalue weighted by Gasteiger charge is -2.15. The quantitative estimate of drug-likeness (QED) is 0.598. The lowest BCUT2D eigenvalue weighted by atomic mass is 10.1. The number of nitrogens with zero attached hydrogens (tertiary/aromatic N) is 3. The Morgan fingerprint density at radius 3 is 2.75 bits per heavy atom. The van der Waals surface area contributed by atoms with Crippen molar-refractivity contribution in [2.45, 2.75) is 33.6 Å². The number of aryl methyl sites for hydroxylation is 2. The normalized spacial score (nSPS) is 13.1. The molecule has 1 unspecified atom stereocenters. The van der Waals surface area contributed by atoms with E-state index in [2.05, 4.69) is 59.0 Å². The molecule has 0 aliphatic heterocycles. The molecule has 132 valence electrons. The fourth-order valence-electron chi connectivity index (χ4n) is 2.82. The highest BCUT2D eigenvalue weighted by atomic mass is 32.1. The molecular formula is C18H29N5S. The van der Waals surface area contributed by atoms with Crippen LogP contribution in [0.2, 0.25) is 0 Å². The lowest BCUT2D eigenvalue weighted by Crippen LogP contribution is -2.40. The highest BCUT2D eigenvalue weighted by molar-refractivity contribution is 7.09. The van der Waals surface area contributed by atoms with Crippen molar-refractivity contribution in [3.63, 3.8) is 0 Å². The minimum absolute atomic E-state index is 0.574. The summed E-state index contributed by atoms with van der Waals surface area (Å²) in [5, 5.41) is 13.4. The second-order valence-electron chi connectivity index (χ2n) is 6.29. The second kappa shape index (κ2) is 8.87. The zero-order valence-corrected chi connectivity index (χ0v) is 16.2. The van der Waals surface area contributed by atoms with Crippen molar-refractivity contribution in [1.29, 1.82) is 0 Å². The first-order valence-electron chi connectivity index (χ1n) is 8.47. The van der Waals surface area contributed by atoms with Gasteiger partial charge < -0.3 is 10.6 Å². The molecule has 2 rings (SSSR count). The molecule has 0 aromatic carbocycles. The summed E-state index contributed by atoms with van der Waals surface area (Å²) in [6.07, 6.45) is 2.06. The van der Waals surface area contributed by atoms with E-state index in [9.17, 15) is 0 Å². The Morgan fingerprint density at radius 1 is 1.38 bits per heavy atom. The molecule has 2 N–H and O–H groups in total. The Balaban J connectivity index is 1.74. The van der Waals surface area contributed by atoms with Crippen LogP contribution in [0.25, 0.3) is 0 Å². The predicted molar refractivity (Wildman–Crippen MR) is 103 cm³/mol. The molecule has 5 nitrogen and oxygen atoms in total. The van der Waals surface area contributed by atoms with E-state index in [4.69, 9.17) is 0 Å². The number of aliphatic imine (C=N–C) groups is 1. The SMILES string of the molecule is CN=C(NCCc1c(C)nn(C)c1C)NCC(C)Cc1cccs1. The second-order valence-corrected chi connectivity index (χ2v) is 7.32. The fourth-order valence-corrected chi connectivity index (χ4v) is 3.69. The third kappa shape index (κ3) is 5.09. The zero-order valence-electron chi connectivity index (χ0n) is 15.4. The molecule has 0 spiro atoms. The third-order valence-corrected chi connectivity index (χ3v) is 5.20. The molecule has 6 heteroatoms. The van der Waals surface area contributed by atoms with Gasteiger partial charge in [0.2, 0.25) is 0 Å². The van der Waals surface area contributed by atoms with Gasteiger partial charge in [-0.25, -0.2) is 0 Å². The molecular weight excluding hydrogens is 318 g/mol. The van der Waals surface area contributed by atoms with Crippen molar-refractivity contribution in [2.75, 3.05) is 20.1 Å². The van der Waals surface area contributed by atoms with Gasteiger partial charge in [0.15, 0.2) is 5.96 Å². The molecule has 24 heavy (non-hydrogen) atoms. The minimum atomic E-state index is 0.574. The van der Waals surface area contributed by atoms with E-state index in [0.717, 1.165) is 37.6 Å². The van der Waals surface area contributed by atoms with Crippen LogP contribution >= 0.6 is 11.3 Å². The standard InChI is InChI=1S/C18H29N5S/c1-13(11-16-7-6-10-24-16)12-21-18(19-4)20-9-8-17-14(2)22-23(5)15(17)3/h6-7,10,13H,8-9,11-12H2,1-5H3,(H2,19,20,21). The lowest BCUT2D eigenvalue weighted by molar-refractivity contribution is 0.562. The maximum Gasteiger partial charge on any atom is 0.190 e. The Hall–Kier alpha value is -1.82. The summed E-state index contributed by atoms with van der Waals surface area (Å²) in [5.41, 5.74) is 3.68. The summed E-state index contributed by atoms with van der Waals surface area (Å²) >= 11 is 1.83. The van der Waals surface area contributed by atoms with Gasteiger partial charge in [-0.1, -0.05) is 13.0 Å². The molecule has 2 heterocycles. The fraction of sp³-hybridized carbons (Fsp3) is 0.556. The van der Waals surface area contributed by atoms with Gasteiger partial charge in [-0.15, -0.1) is 11.3 Å². The topological polar surface area (TPSA) is 54.2 Å². The van der Waals surface area contributed by atoms with Crippen LogP contribution in [-0.4, -0.2) is 35.9 Å². The van der Waals surface area contributed by atoms with Gasteiger partial charge in [0.1, 0.15) is 0 Å². The summed E-state index contributed by atoms with van der Waals surface area (Å²) in [6.45, 7) is 8.23. The molecule has 0 aliphatic carbocycles. The van der Waals surface area contributed by atoms with E-state index < -0.39 is 0 Å². The van der Waals surface area contributed by atoms with Gasteiger partial charge >= 0.3 is 0 Å². The largest absolute Gasteiger partial charge is 0.356 e. The van der Waals surface area contributed by atoms with Gasteiger partial charge in [-0.3, -0.25) is 9.67 Å². The Kier molecular flexibility index (Phi) is 6.85. The average molecular weight is 348 g/mol. The Bertz CT molecular complexity index is 657. The Morgan fingerprint density at radius 2 is 2.17 bits per heavy atom. The van der Waals surface area contributed by atoms with Gasteiger partial charge in [0.05, 0.1) is 5.69 Å². The molecule has 2 aromatic heterocycles. The first-order valence-corrected chi connectivity index (χ1v) is 9.35. The van der Waals surface area contributed by atoms with Gasteiger partial charge in [-0.05, 0) is 49.6 Å². The van der Waals surface area contributed by atoms with E-state index in [0.29, 0.717) is 5.92 Å². The van der Waals surface area contributed by atoms with E-state index in [1.54, 1.807) is 0 Å². The molecule has 2 aromatic rings. The van der Waals surface area contributed by atoms with Crippen LogP contribution in [0, 0.1) is 19.8 Å². The van der Waals surface area contributed by atoms with Gasteiger partial charge in [-0.2, -0.15) is 5.10 Å². The molecule has 0 saturated heterocycles. The molecule has 1 atom stereocenters. The molecule has 0 radical (unpaired) electrons. The highest BCUT2D eigenvalue weighted by Crippen LogP contribution is 2.14. The molecule has 0 amide bonds. The van der Waals surface area contributed by atoms with Crippen LogP contribution < -0.4 is 10.6 Å². The third-order valence-electron chi connectivity index (χ3n) is 4.30. The Labute approximate surface area is 149 Å². The molecule has 0 bridgehead atoms. The van der Waals surface area contributed by atoms with Gasteiger partial charge in [0.25, 0.3) is 0 Å². The van der Waals surface area contributed by atoms with Crippen molar-refractivity contribution in [1.82, 2.24) is 20.4 Å². The van der Waals surface area contributed by atoms with Crippen LogP contribution in [0.3, 0.4) is 0 Å². The summed E-state index contributed by atoms with van der Waals surface area (Å²) in [5.74, 6) is 1.44. The minimum Gasteiger partial charge on any atom is -0.356 e. The monoisotopic (exact) mass is 347 g/mol. The van der Waals surface area contributed by atoms with Crippen molar-refractivity contribution in [2.24, 2.45) is 18.0 Å². The van der Waals surface area contributed by atoms with Crippen LogP contribution in [0.1, 0.15) is 28.8 Å². The number of guanidine groups is 1. The van der Waals surface area contributed by atoms with E-state index in [1.165, 1.54) is 16.1 Å². The van der Waals surface area contributed by atoms with E-state index in [1.807, 2.05) is 30.1 Å². The summed E-state index contributed by atoms with van der Waals surface area (Å²) in [4.78, 5) is 5.75. The zero-order chi connectivity index (χ0) is 17.5. The number of hydrogen-bond donors (Lipinski definition) is 2. The predicted octanol–water partition coefficient (Wildman–Crippen LogP) is 2.68. The number of hydrogen-bond acceptors (Lipinski definition) is 3. The van der Waals surface area contributed by atoms with Crippen molar-refractivity contribution in [3.8, 4) is 0 Å². The van der Waals surface area contributed by atoms with Crippen LogP contribution in [0.5, 0.6) is 0 Å². The smallest absolute Gasteiger partial charge is 0.190 e. The highest BCUT2D eigenvalue weighted by Gasteiger charge is 2.10. The van der Waals surface area contributed by atoms with Crippen molar-refractivity contribution in [3.05, 3.63) is 39.3 Å². The first kappa shape index (κ1) is 18.5. The van der Waals surface area contributed by atoms with E-state index >= 15 is 0 Å². The van der Waals surface area contributed by atoms with Crippen molar-refractivity contribution < 1.29 is 0 Å². The molecule has 0 fully saturated rings. The van der Waals surface area contributed by atoms with E-state index in [-0.39, 0.29) is 0 Å². The van der Waals surface area contributed by atoms with Crippen LogP contribution in [0.15, 0.2) is 22.5 Å². The molecule has 0 aliphatic rings. The van der Waals surface area contributed by atoms with Crippen LogP contribution in [0.4, 0.5) is 0 Å². The molecule has 0 saturated carbocycles. The number of rotatable bonds is 7. The number of aromatic nitrogens is 2. The maximum absolute atomic E-state index is 4.47. The maximum atomic E-state index is 4.47. The summed E-state index contributed by atoms with van der Waals surface area (Å²) < 4.78 is 1.95. The average Bonchev–Trinajstić information content (AvgIpc) is 3.13.